The van der Waals surface area contributed by atoms with Crippen molar-refractivity contribution in [2.45, 2.75) is 104 Å². The average Bonchev–Trinajstić information content (AvgIpc) is 2.99. The van der Waals surface area contributed by atoms with Crippen molar-refractivity contribution < 1.29 is 0 Å². The molecule has 1 aliphatic rings. The van der Waals surface area contributed by atoms with Crippen LogP contribution in [0.4, 0.5) is 0 Å². The molecule has 0 saturated heterocycles. The minimum absolute atomic E-state index is 0.595. The van der Waals surface area contributed by atoms with Crippen LogP contribution in [0.1, 0.15) is 92.4 Å². The van der Waals surface area contributed by atoms with Gasteiger partial charge in [0.05, 0.1) is 0 Å². The second kappa shape index (κ2) is 11.3. The summed E-state index contributed by atoms with van der Waals surface area (Å²) in [5.41, 5.74) is 0. The Labute approximate surface area is 146 Å². The van der Waals surface area contributed by atoms with Gasteiger partial charge in [-0.15, -0.1) is 6.58 Å². The molecule has 0 aromatic carbocycles. The van der Waals surface area contributed by atoms with Gasteiger partial charge in [0.2, 0.25) is 0 Å². The van der Waals surface area contributed by atoms with Gasteiger partial charge in [0.15, 0.2) is 0 Å². The van der Waals surface area contributed by atoms with E-state index in [2.05, 4.69) is 52.6 Å². The van der Waals surface area contributed by atoms with Crippen molar-refractivity contribution in [3.63, 3.8) is 0 Å². The Bertz CT molecular complexity index is 303. The van der Waals surface area contributed by atoms with E-state index in [0.717, 1.165) is 17.8 Å². The molecule has 1 heteroatoms. The molecule has 0 aromatic rings. The molecule has 1 fully saturated rings. The van der Waals surface area contributed by atoms with Crippen LogP contribution in [0, 0.1) is 23.7 Å². The van der Waals surface area contributed by atoms with Crippen LogP contribution in [0.25, 0.3) is 0 Å². The summed E-state index contributed by atoms with van der Waals surface area (Å²) >= 11 is 0. The third kappa shape index (κ3) is 7.42. The van der Waals surface area contributed by atoms with Crippen molar-refractivity contribution in [3.05, 3.63) is 12.7 Å². The van der Waals surface area contributed by atoms with Crippen LogP contribution in [0.2, 0.25) is 0 Å². The highest BCUT2D eigenvalue weighted by Gasteiger charge is 2.32. The van der Waals surface area contributed by atoms with E-state index < -0.39 is 0 Å². The van der Waals surface area contributed by atoms with Crippen LogP contribution in [0.15, 0.2) is 12.7 Å². The molecule has 136 valence electrons. The Morgan fingerprint density at radius 1 is 1.09 bits per heavy atom. The molecule has 0 heterocycles. The Morgan fingerprint density at radius 2 is 1.74 bits per heavy atom. The number of hydrogen-bond donors (Lipinski definition) is 1. The highest BCUT2D eigenvalue weighted by atomic mass is 14.9. The SMILES string of the molecule is C=CC(CCCCC)C[C@H](C)NC(C)C(C(C)C)C1CCCC1. The van der Waals surface area contributed by atoms with Gasteiger partial charge >= 0.3 is 0 Å². The van der Waals surface area contributed by atoms with Crippen LogP contribution in [0.5, 0.6) is 0 Å². The molecule has 0 amide bonds. The van der Waals surface area contributed by atoms with Crippen LogP contribution >= 0.6 is 0 Å². The summed E-state index contributed by atoms with van der Waals surface area (Å²) in [6.45, 7) is 16.0. The van der Waals surface area contributed by atoms with Crippen LogP contribution in [-0.4, -0.2) is 12.1 Å². The van der Waals surface area contributed by atoms with E-state index in [1.54, 1.807) is 0 Å². The first-order chi connectivity index (χ1) is 11.0. The minimum Gasteiger partial charge on any atom is -0.311 e. The predicted octanol–water partition coefficient (Wildman–Crippen LogP) is 6.59. The second-order valence-electron chi connectivity index (χ2n) is 8.45. The number of nitrogens with one attached hydrogen (secondary N) is 1. The number of rotatable bonds is 12. The zero-order valence-corrected chi connectivity index (χ0v) is 16.6. The van der Waals surface area contributed by atoms with Crippen molar-refractivity contribution in [1.29, 1.82) is 0 Å². The molecular formula is C22H43N. The fourth-order valence-corrected chi connectivity index (χ4v) is 4.94. The highest BCUT2D eigenvalue weighted by molar-refractivity contribution is 4.87. The molecular weight excluding hydrogens is 278 g/mol. The molecule has 3 unspecified atom stereocenters. The van der Waals surface area contributed by atoms with Crippen molar-refractivity contribution in [1.82, 2.24) is 5.32 Å². The maximum atomic E-state index is 4.07. The van der Waals surface area contributed by atoms with Crippen molar-refractivity contribution in [3.8, 4) is 0 Å². The van der Waals surface area contributed by atoms with Gasteiger partial charge < -0.3 is 5.32 Å². The molecule has 1 nitrogen and oxygen atoms in total. The fourth-order valence-electron chi connectivity index (χ4n) is 4.94. The van der Waals surface area contributed by atoms with E-state index in [9.17, 15) is 0 Å². The lowest BCUT2D eigenvalue weighted by atomic mass is 9.77. The van der Waals surface area contributed by atoms with Gasteiger partial charge in [-0.05, 0) is 50.4 Å². The Kier molecular flexibility index (Phi) is 10.2. The summed E-state index contributed by atoms with van der Waals surface area (Å²) < 4.78 is 0. The third-order valence-corrected chi connectivity index (χ3v) is 6.01. The maximum absolute atomic E-state index is 4.07. The Hall–Kier alpha value is -0.300. The lowest BCUT2D eigenvalue weighted by Crippen LogP contribution is -2.44. The quantitative estimate of drug-likeness (QED) is 0.316. The number of allylic oxidation sites excluding steroid dienone is 1. The lowest BCUT2D eigenvalue weighted by molar-refractivity contribution is 0.184. The average molecular weight is 322 g/mol. The topological polar surface area (TPSA) is 12.0 Å². The van der Waals surface area contributed by atoms with Gasteiger partial charge in [-0.1, -0.05) is 71.8 Å². The van der Waals surface area contributed by atoms with E-state index in [1.807, 2.05) is 0 Å². The number of hydrogen-bond acceptors (Lipinski definition) is 1. The van der Waals surface area contributed by atoms with Gasteiger partial charge in [-0.25, -0.2) is 0 Å². The van der Waals surface area contributed by atoms with Gasteiger partial charge in [-0.3, -0.25) is 0 Å². The largest absolute Gasteiger partial charge is 0.311 e. The van der Waals surface area contributed by atoms with Crippen LogP contribution in [-0.2, 0) is 0 Å². The molecule has 1 N–H and O–H groups in total. The molecule has 0 aliphatic heterocycles. The van der Waals surface area contributed by atoms with E-state index in [0.29, 0.717) is 18.0 Å². The van der Waals surface area contributed by atoms with Gasteiger partial charge in [0, 0.05) is 12.1 Å². The molecule has 1 saturated carbocycles. The molecule has 23 heavy (non-hydrogen) atoms. The summed E-state index contributed by atoms with van der Waals surface area (Å²) in [4.78, 5) is 0. The summed E-state index contributed by atoms with van der Waals surface area (Å²) in [5, 5.41) is 3.95. The molecule has 1 aliphatic carbocycles. The standard InChI is InChI=1S/C22H43N/c1-7-9-10-13-20(8-2)16-18(5)23-19(6)22(17(3)4)21-14-11-12-15-21/h8,17-23H,2,7,9-16H2,1,3-6H3/t18-,19?,20?,22?/m0/s1. The Morgan fingerprint density at radius 3 is 2.26 bits per heavy atom. The van der Waals surface area contributed by atoms with Crippen LogP contribution in [0.3, 0.4) is 0 Å². The zero-order chi connectivity index (χ0) is 17.2. The highest BCUT2D eigenvalue weighted by Crippen LogP contribution is 2.37. The second-order valence-corrected chi connectivity index (χ2v) is 8.45. The predicted molar refractivity (Wildman–Crippen MR) is 105 cm³/mol. The van der Waals surface area contributed by atoms with Crippen LogP contribution < -0.4 is 5.32 Å². The van der Waals surface area contributed by atoms with Crippen molar-refractivity contribution in [2.75, 3.05) is 0 Å². The monoisotopic (exact) mass is 321 g/mol. The Balaban J connectivity index is 2.45. The summed E-state index contributed by atoms with van der Waals surface area (Å²) in [6, 6.07) is 1.23. The lowest BCUT2D eigenvalue weighted by Gasteiger charge is -2.35. The maximum Gasteiger partial charge on any atom is 0.00745 e. The summed E-state index contributed by atoms with van der Waals surface area (Å²) in [6.07, 6.45) is 14.6. The molecule has 0 bridgehead atoms. The zero-order valence-electron chi connectivity index (χ0n) is 16.6. The van der Waals surface area contributed by atoms with E-state index >= 15 is 0 Å². The molecule has 1 rings (SSSR count). The van der Waals surface area contributed by atoms with E-state index in [1.165, 1.54) is 57.8 Å². The molecule has 4 atom stereocenters. The minimum atomic E-state index is 0.595. The molecule has 0 radical (unpaired) electrons. The smallest absolute Gasteiger partial charge is 0.00745 e. The molecule has 0 aromatic heterocycles. The third-order valence-electron chi connectivity index (χ3n) is 6.01. The van der Waals surface area contributed by atoms with Crippen molar-refractivity contribution in [2.24, 2.45) is 23.7 Å². The number of unbranched alkanes of at least 4 members (excludes halogenated alkanes) is 2. The van der Waals surface area contributed by atoms with Gasteiger partial charge in [0.25, 0.3) is 0 Å². The fraction of sp³-hybridized carbons (Fsp3) is 0.909. The first-order valence-electron chi connectivity index (χ1n) is 10.4. The summed E-state index contributed by atoms with van der Waals surface area (Å²) in [7, 11) is 0. The van der Waals surface area contributed by atoms with E-state index in [-0.39, 0.29) is 0 Å². The van der Waals surface area contributed by atoms with Gasteiger partial charge in [-0.2, -0.15) is 0 Å². The summed E-state index contributed by atoms with van der Waals surface area (Å²) in [5.74, 6) is 3.25. The van der Waals surface area contributed by atoms with E-state index in [4.69, 9.17) is 0 Å². The normalized spacial score (nSPS) is 21.3. The van der Waals surface area contributed by atoms with Crippen molar-refractivity contribution >= 4 is 0 Å². The van der Waals surface area contributed by atoms with Gasteiger partial charge in [0.1, 0.15) is 0 Å². The first-order valence-corrected chi connectivity index (χ1v) is 10.4. The molecule has 0 spiro atoms. The first kappa shape index (κ1) is 20.7.